The fraction of sp³-hybridized carbons (Fsp3) is 0.316. The minimum absolute atomic E-state index is 0.112. The summed E-state index contributed by atoms with van der Waals surface area (Å²) in [5.41, 5.74) is 1.51. The van der Waals surface area contributed by atoms with Gasteiger partial charge in [0.05, 0.1) is 23.6 Å². The molecule has 0 heterocycles. The maximum Gasteiger partial charge on any atom is 0.242 e. The van der Waals surface area contributed by atoms with Crippen LogP contribution in [0.2, 0.25) is 0 Å². The van der Waals surface area contributed by atoms with Crippen molar-refractivity contribution >= 4 is 21.6 Å². The van der Waals surface area contributed by atoms with E-state index in [9.17, 15) is 13.2 Å². The first-order valence-corrected chi connectivity index (χ1v) is 9.85. The van der Waals surface area contributed by atoms with Gasteiger partial charge in [0.2, 0.25) is 15.9 Å². The number of carbonyl (C=O) groups excluding carboxylic acids is 1. The summed E-state index contributed by atoms with van der Waals surface area (Å²) in [5, 5.41) is 2.72. The molecule has 0 saturated heterocycles. The van der Waals surface area contributed by atoms with Gasteiger partial charge in [0.1, 0.15) is 0 Å². The van der Waals surface area contributed by atoms with Crippen LogP contribution in [0.25, 0.3) is 0 Å². The number of ether oxygens (including phenoxy) is 1. The predicted octanol–water partition coefficient (Wildman–Crippen LogP) is 2.92. The van der Waals surface area contributed by atoms with Crippen LogP contribution < -0.4 is 10.0 Å². The summed E-state index contributed by atoms with van der Waals surface area (Å²) in [6.45, 7) is 5.84. The fourth-order valence-electron chi connectivity index (χ4n) is 2.21. The van der Waals surface area contributed by atoms with E-state index in [4.69, 9.17) is 4.74 Å². The predicted molar refractivity (Wildman–Crippen MR) is 101 cm³/mol. The van der Waals surface area contributed by atoms with E-state index in [2.05, 4.69) is 10.0 Å². The highest BCUT2D eigenvalue weighted by atomic mass is 32.2. The molecule has 2 aromatic rings. The van der Waals surface area contributed by atoms with E-state index in [-0.39, 0.29) is 11.0 Å². The van der Waals surface area contributed by atoms with Crippen molar-refractivity contribution in [2.75, 3.05) is 5.32 Å². The molecule has 0 bridgehead atoms. The minimum Gasteiger partial charge on any atom is -0.374 e. The Hall–Kier alpha value is -2.22. The van der Waals surface area contributed by atoms with Crippen molar-refractivity contribution < 1.29 is 17.9 Å². The third-order valence-electron chi connectivity index (χ3n) is 3.56. The number of hydrogen-bond acceptors (Lipinski definition) is 4. The Bertz CT molecular complexity index is 836. The van der Waals surface area contributed by atoms with Crippen LogP contribution in [0.4, 0.5) is 5.69 Å². The lowest BCUT2D eigenvalue weighted by atomic mass is 10.2. The zero-order valence-electron chi connectivity index (χ0n) is 15.1. The molecule has 0 aliphatic heterocycles. The largest absolute Gasteiger partial charge is 0.374 e. The molecule has 2 rings (SSSR count). The van der Waals surface area contributed by atoms with Crippen LogP contribution in [0.3, 0.4) is 0 Å². The van der Waals surface area contributed by atoms with E-state index >= 15 is 0 Å². The summed E-state index contributed by atoms with van der Waals surface area (Å²) in [6.07, 6.45) is 0.112. The molecule has 0 aliphatic rings. The van der Waals surface area contributed by atoms with Crippen molar-refractivity contribution in [3.63, 3.8) is 0 Å². The highest BCUT2D eigenvalue weighted by molar-refractivity contribution is 7.89. The first-order valence-electron chi connectivity index (χ1n) is 8.37. The quantitative estimate of drug-likeness (QED) is 0.742. The van der Waals surface area contributed by atoms with E-state index < -0.39 is 22.0 Å². The van der Waals surface area contributed by atoms with Crippen LogP contribution >= 0.6 is 0 Å². The Morgan fingerprint density at radius 3 is 2.38 bits per heavy atom. The van der Waals surface area contributed by atoms with Gasteiger partial charge >= 0.3 is 0 Å². The van der Waals surface area contributed by atoms with Gasteiger partial charge in [-0.1, -0.05) is 30.3 Å². The van der Waals surface area contributed by atoms with Crippen molar-refractivity contribution in [2.45, 2.75) is 44.4 Å². The molecule has 2 aromatic carbocycles. The van der Waals surface area contributed by atoms with Crippen molar-refractivity contribution in [3.8, 4) is 0 Å². The summed E-state index contributed by atoms with van der Waals surface area (Å²) < 4.78 is 32.5. The van der Waals surface area contributed by atoms with Crippen LogP contribution in [-0.2, 0) is 26.2 Å². The van der Waals surface area contributed by atoms with Crippen molar-refractivity contribution in [3.05, 3.63) is 60.2 Å². The molecule has 1 atom stereocenters. The van der Waals surface area contributed by atoms with Gasteiger partial charge in [-0.2, -0.15) is 4.72 Å². The molecule has 140 valence electrons. The van der Waals surface area contributed by atoms with Gasteiger partial charge in [-0.25, -0.2) is 8.42 Å². The lowest BCUT2D eigenvalue weighted by Crippen LogP contribution is -2.41. The molecule has 0 aliphatic carbocycles. The van der Waals surface area contributed by atoms with E-state index in [1.54, 1.807) is 30.3 Å². The molecule has 0 saturated carbocycles. The van der Waals surface area contributed by atoms with Crippen LogP contribution in [0.5, 0.6) is 0 Å². The van der Waals surface area contributed by atoms with Gasteiger partial charge in [-0.05, 0) is 50.6 Å². The standard InChI is InChI=1S/C19H24N2O4S/c1-14(2)25-13-16-8-7-9-17(12-16)20-19(22)15(3)21-26(23,24)18-10-5-4-6-11-18/h4-12,14-15,21H,13H2,1-3H3,(H,20,22)/t15-/m0/s1. The second kappa shape index (κ2) is 8.93. The van der Waals surface area contributed by atoms with Crippen molar-refractivity contribution in [2.24, 2.45) is 0 Å². The first-order chi connectivity index (χ1) is 12.3. The van der Waals surface area contributed by atoms with Gasteiger partial charge in [0, 0.05) is 5.69 Å². The lowest BCUT2D eigenvalue weighted by Gasteiger charge is -2.15. The normalized spacial score (nSPS) is 12.8. The SMILES string of the molecule is CC(C)OCc1cccc(NC(=O)[C@H](C)NS(=O)(=O)c2ccccc2)c1. The van der Waals surface area contributed by atoms with Gasteiger partial charge in [0.15, 0.2) is 0 Å². The molecule has 1 amide bonds. The Morgan fingerprint density at radius 2 is 1.73 bits per heavy atom. The second-order valence-corrected chi connectivity index (χ2v) is 7.92. The van der Waals surface area contributed by atoms with Crippen molar-refractivity contribution in [1.29, 1.82) is 0 Å². The maximum atomic E-state index is 12.3. The van der Waals surface area contributed by atoms with Gasteiger partial charge in [0.25, 0.3) is 0 Å². The zero-order chi connectivity index (χ0) is 19.2. The second-order valence-electron chi connectivity index (χ2n) is 6.21. The third-order valence-corrected chi connectivity index (χ3v) is 5.11. The average molecular weight is 376 g/mol. The van der Waals surface area contributed by atoms with E-state index in [0.29, 0.717) is 12.3 Å². The first kappa shape index (κ1) is 20.1. The molecule has 6 nitrogen and oxygen atoms in total. The number of benzene rings is 2. The summed E-state index contributed by atoms with van der Waals surface area (Å²) in [7, 11) is -3.75. The lowest BCUT2D eigenvalue weighted by molar-refractivity contribution is -0.117. The van der Waals surface area contributed by atoms with E-state index in [1.807, 2.05) is 26.0 Å². The summed E-state index contributed by atoms with van der Waals surface area (Å²) in [6, 6.07) is 14.3. The summed E-state index contributed by atoms with van der Waals surface area (Å²) >= 11 is 0. The number of sulfonamides is 1. The van der Waals surface area contributed by atoms with E-state index in [1.165, 1.54) is 19.1 Å². The number of nitrogens with one attached hydrogen (secondary N) is 2. The number of carbonyl (C=O) groups is 1. The molecule has 0 fully saturated rings. The molecule has 0 spiro atoms. The van der Waals surface area contributed by atoms with Gasteiger partial charge < -0.3 is 10.1 Å². The van der Waals surface area contributed by atoms with Crippen LogP contribution in [0, 0.1) is 0 Å². The molecular weight excluding hydrogens is 352 g/mol. The number of rotatable bonds is 8. The average Bonchev–Trinajstić information content (AvgIpc) is 2.60. The Balaban J connectivity index is 2.00. The number of hydrogen-bond donors (Lipinski definition) is 2. The Labute approximate surface area is 154 Å². The summed E-state index contributed by atoms with van der Waals surface area (Å²) in [4.78, 5) is 12.4. The minimum atomic E-state index is -3.75. The highest BCUT2D eigenvalue weighted by Gasteiger charge is 2.21. The Kier molecular flexibility index (Phi) is 6.90. The number of amides is 1. The van der Waals surface area contributed by atoms with Crippen LogP contribution in [0.15, 0.2) is 59.5 Å². The van der Waals surface area contributed by atoms with Crippen LogP contribution in [-0.4, -0.2) is 26.5 Å². The summed E-state index contributed by atoms with van der Waals surface area (Å²) in [5.74, 6) is -0.438. The molecule has 0 unspecified atom stereocenters. The van der Waals surface area contributed by atoms with Crippen LogP contribution in [0.1, 0.15) is 26.3 Å². The highest BCUT2D eigenvalue weighted by Crippen LogP contribution is 2.13. The zero-order valence-corrected chi connectivity index (χ0v) is 15.9. The molecule has 7 heteroatoms. The van der Waals surface area contributed by atoms with Crippen molar-refractivity contribution in [1.82, 2.24) is 4.72 Å². The van der Waals surface area contributed by atoms with Gasteiger partial charge in [-0.3, -0.25) is 4.79 Å². The smallest absolute Gasteiger partial charge is 0.242 e. The molecule has 2 N–H and O–H groups in total. The maximum absolute atomic E-state index is 12.3. The molecule has 0 radical (unpaired) electrons. The monoisotopic (exact) mass is 376 g/mol. The third kappa shape index (κ3) is 5.94. The topological polar surface area (TPSA) is 84.5 Å². The molecule has 0 aromatic heterocycles. The Morgan fingerprint density at radius 1 is 1.04 bits per heavy atom. The molecular formula is C19H24N2O4S. The fourth-order valence-corrected chi connectivity index (χ4v) is 3.43. The molecule has 26 heavy (non-hydrogen) atoms. The number of anilines is 1. The van der Waals surface area contributed by atoms with Gasteiger partial charge in [-0.15, -0.1) is 0 Å². The van der Waals surface area contributed by atoms with E-state index in [0.717, 1.165) is 5.56 Å².